The second-order valence-corrected chi connectivity index (χ2v) is 10.5. The van der Waals surface area contributed by atoms with Gasteiger partial charge in [0.1, 0.15) is 23.5 Å². The highest BCUT2D eigenvalue weighted by Gasteiger charge is 2.38. The van der Waals surface area contributed by atoms with E-state index in [1.165, 1.54) is 24.3 Å². The summed E-state index contributed by atoms with van der Waals surface area (Å²) in [6, 6.07) is 12.8. The van der Waals surface area contributed by atoms with Gasteiger partial charge in [-0.05, 0) is 42.0 Å². The summed E-state index contributed by atoms with van der Waals surface area (Å²) in [7, 11) is -2.10. The number of halogens is 3. The van der Waals surface area contributed by atoms with Gasteiger partial charge in [-0.25, -0.2) is 18.1 Å². The number of aromatic nitrogens is 2. The summed E-state index contributed by atoms with van der Waals surface area (Å²) >= 11 is 0. The minimum absolute atomic E-state index is 0.0393. The van der Waals surface area contributed by atoms with Crippen molar-refractivity contribution in [3.8, 4) is 11.6 Å². The number of nitrogens with zero attached hydrogens (tertiary/aromatic N) is 2. The average molecular weight is 583 g/mol. The quantitative estimate of drug-likeness (QED) is 0.341. The SMILES string of the molecule is CCNS(=O)(=O)c1ccc(Nc2ncc(C(F)(F)F)c(O[C@@H]3CCOC[C@@H]3OCc3ccc(OC)cc3)n2)cc1. The predicted molar refractivity (Wildman–Crippen MR) is 139 cm³/mol. The number of anilines is 2. The largest absolute Gasteiger partial charge is 0.497 e. The van der Waals surface area contributed by atoms with Gasteiger partial charge in [0.05, 0.1) is 31.8 Å². The van der Waals surface area contributed by atoms with E-state index in [9.17, 15) is 21.6 Å². The number of methoxy groups -OCH3 is 1. The first-order valence-corrected chi connectivity index (χ1v) is 13.9. The van der Waals surface area contributed by atoms with Crippen LogP contribution in [0, 0.1) is 0 Å². The fraction of sp³-hybridized carbons (Fsp3) is 0.385. The van der Waals surface area contributed by atoms with Gasteiger partial charge in [0.15, 0.2) is 0 Å². The van der Waals surface area contributed by atoms with Crippen molar-refractivity contribution in [2.75, 3.05) is 32.2 Å². The van der Waals surface area contributed by atoms with Gasteiger partial charge in [0.25, 0.3) is 0 Å². The van der Waals surface area contributed by atoms with Crippen LogP contribution in [0.25, 0.3) is 0 Å². The van der Waals surface area contributed by atoms with Gasteiger partial charge >= 0.3 is 6.18 Å². The highest BCUT2D eigenvalue weighted by Crippen LogP contribution is 2.36. The normalized spacial score (nSPS) is 17.8. The van der Waals surface area contributed by atoms with Crippen LogP contribution < -0.4 is 19.5 Å². The minimum atomic E-state index is -4.76. The van der Waals surface area contributed by atoms with Crippen LogP contribution in [0.4, 0.5) is 24.8 Å². The number of sulfonamides is 1. The molecule has 0 bridgehead atoms. The van der Waals surface area contributed by atoms with Crippen molar-refractivity contribution in [1.82, 2.24) is 14.7 Å². The van der Waals surface area contributed by atoms with Crippen LogP contribution in [0.3, 0.4) is 0 Å². The lowest BCUT2D eigenvalue weighted by Gasteiger charge is -2.32. The maximum Gasteiger partial charge on any atom is 0.423 e. The van der Waals surface area contributed by atoms with Gasteiger partial charge in [0, 0.05) is 24.8 Å². The van der Waals surface area contributed by atoms with E-state index in [-0.39, 0.29) is 37.2 Å². The number of hydrogen-bond donors (Lipinski definition) is 2. The van der Waals surface area contributed by atoms with E-state index in [1.54, 1.807) is 26.2 Å². The third kappa shape index (κ3) is 7.59. The monoisotopic (exact) mass is 582 g/mol. The van der Waals surface area contributed by atoms with Gasteiger partial charge < -0.3 is 24.3 Å². The number of alkyl halides is 3. The van der Waals surface area contributed by atoms with Crippen LogP contribution in [0.15, 0.2) is 59.6 Å². The second kappa shape index (κ2) is 12.8. The van der Waals surface area contributed by atoms with E-state index in [4.69, 9.17) is 18.9 Å². The van der Waals surface area contributed by atoms with Crippen molar-refractivity contribution in [2.45, 2.75) is 43.2 Å². The second-order valence-electron chi connectivity index (χ2n) is 8.78. The maximum atomic E-state index is 13.8. The molecule has 1 aromatic heterocycles. The van der Waals surface area contributed by atoms with Gasteiger partial charge in [-0.2, -0.15) is 18.2 Å². The van der Waals surface area contributed by atoms with Crippen molar-refractivity contribution in [3.63, 3.8) is 0 Å². The van der Waals surface area contributed by atoms with Crippen LogP contribution in [0.1, 0.15) is 24.5 Å². The lowest BCUT2D eigenvalue weighted by Crippen LogP contribution is -2.43. The Morgan fingerprint density at radius 3 is 2.45 bits per heavy atom. The molecule has 0 amide bonds. The Morgan fingerprint density at radius 2 is 1.80 bits per heavy atom. The zero-order valence-electron chi connectivity index (χ0n) is 21.8. The molecular weight excluding hydrogens is 553 g/mol. The molecule has 2 heterocycles. The number of hydrogen-bond acceptors (Lipinski definition) is 9. The van der Waals surface area contributed by atoms with Crippen molar-refractivity contribution in [3.05, 3.63) is 65.9 Å². The van der Waals surface area contributed by atoms with Crippen LogP contribution in [0.5, 0.6) is 11.6 Å². The van der Waals surface area contributed by atoms with Crippen molar-refractivity contribution in [2.24, 2.45) is 0 Å². The van der Waals surface area contributed by atoms with E-state index in [1.807, 2.05) is 12.1 Å². The molecule has 1 aliphatic rings. The first-order valence-electron chi connectivity index (χ1n) is 12.4. The molecule has 10 nitrogen and oxygen atoms in total. The molecule has 0 aliphatic carbocycles. The molecule has 0 spiro atoms. The van der Waals surface area contributed by atoms with Gasteiger partial charge in [0.2, 0.25) is 21.9 Å². The summed E-state index contributed by atoms with van der Waals surface area (Å²) in [6.45, 7) is 2.50. The molecule has 2 N–H and O–H groups in total. The van der Waals surface area contributed by atoms with E-state index in [0.29, 0.717) is 24.1 Å². The first kappa shape index (κ1) is 29.5. The Morgan fingerprint density at radius 1 is 1.07 bits per heavy atom. The minimum Gasteiger partial charge on any atom is -0.497 e. The molecule has 0 radical (unpaired) electrons. The summed E-state index contributed by atoms with van der Waals surface area (Å²) in [5, 5.41) is 2.79. The van der Waals surface area contributed by atoms with Crippen LogP contribution in [0.2, 0.25) is 0 Å². The molecule has 2 aromatic carbocycles. The van der Waals surface area contributed by atoms with E-state index >= 15 is 0 Å². The zero-order chi connectivity index (χ0) is 28.8. The van der Waals surface area contributed by atoms with Crippen LogP contribution in [-0.4, -0.2) is 57.5 Å². The van der Waals surface area contributed by atoms with E-state index in [2.05, 4.69) is 20.0 Å². The molecule has 0 saturated carbocycles. The Balaban J connectivity index is 1.51. The molecule has 2 atom stereocenters. The molecule has 0 unspecified atom stereocenters. The Bertz CT molecular complexity index is 1370. The fourth-order valence-electron chi connectivity index (χ4n) is 3.88. The molecule has 4 rings (SSSR count). The van der Waals surface area contributed by atoms with Gasteiger partial charge in [-0.15, -0.1) is 0 Å². The average Bonchev–Trinajstić information content (AvgIpc) is 2.92. The molecule has 216 valence electrons. The van der Waals surface area contributed by atoms with E-state index < -0.39 is 39.9 Å². The zero-order valence-corrected chi connectivity index (χ0v) is 22.6. The summed E-state index contributed by atoms with van der Waals surface area (Å²) in [5.74, 6) is -0.123. The molecular formula is C26H29F3N4O6S. The smallest absolute Gasteiger partial charge is 0.423 e. The van der Waals surface area contributed by atoms with Crippen LogP contribution in [-0.2, 0) is 32.3 Å². The maximum absolute atomic E-state index is 13.8. The Kier molecular flexibility index (Phi) is 9.45. The third-order valence-electron chi connectivity index (χ3n) is 5.94. The lowest BCUT2D eigenvalue weighted by atomic mass is 10.1. The first-order chi connectivity index (χ1) is 19.1. The molecule has 40 heavy (non-hydrogen) atoms. The predicted octanol–water partition coefficient (Wildman–Crippen LogP) is 4.30. The Hall–Kier alpha value is -3.46. The summed E-state index contributed by atoms with van der Waals surface area (Å²) in [5.41, 5.74) is 0.0809. The van der Waals surface area contributed by atoms with Gasteiger partial charge in [-0.1, -0.05) is 19.1 Å². The fourth-order valence-corrected chi connectivity index (χ4v) is 4.92. The standard InChI is InChI=1S/C26H29F3N4O6S/c1-3-31-40(34,35)20-10-6-18(7-11-20)32-25-30-14-21(26(27,28)29)24(33-25)39-22-12-13-37-16-23(22)38-15-17-4-8-19(36-2)9-5-17/h4-11,14,22-23,31H,3,12-13,15-16H2,1-2H3,(H,30,32,33)/t22-,23+/m1/s1. The molecule has 3 aromatic rings. The number of ether oxygens (including phenoxy) is 4. The van der Waals surface area contributed by atoms with Crippen molar-refractivity contribution in [1.29, 1.82) is 0 Å². The van der Waals surface area contributed by atoms with Crippen molar-refractivity contribution >= 4 is 21.7 Å². The molecule has 1 saturated heterocycles. The number of benzene rings is 2. The van der Waals surface area contributed by atoms with E-state index in [0.717, 1.165) is 5.56 Å². The van der Waals surface area contributed by atoms with Crippen molar-refractivity contribution < 1.29 is 40.5 Å². The topological polar surface area (TPSA) is 121 Å². The third-order valence-corrected chi connectivity index (χ3v) is 7.51. The Labute approximate surface area is 229 Å². The lowest BCUT2D eigenvalue weighted by molar-refractivity contribution is -0.144. The number of nitrogens with one attached hydrogen (secondary N) is 2. The van der Waals surface area contributed by atoms with Gasteiger partial charge in [-0.3, -0.25) is 0 Å². The number of rotatable bonds is 11. The summed E-state index contributed by atoms with van der Waals surface area (Å²) < 4.78 is 90.4. The van der Waals surface area contributed by atoms with Crippen LogP contribution >= 0.6 is 0 Å². The molecule has 14 heteroatoms. The molecule has 1 aliphatic heterocycles. The highest BCUT2D eigenvalue weighted by atomic mass is 32.2. The molecule has 1 fully saturated rings. The summed E-state index contributed by atoms with van der Waals surface area (Å²) in [4.78, 5) is 7.82. The summed E-state index contributed by atoms with van der Waals surface area (Å²) in [6.07, 6.45) is -5.23. The highest BCUT2D eigenvalue weighted by molar-refractivity contribution is 7.89.